The van der Waals surface area contributed by atoms with Crippen molar-refractivity contribution in [1.29, 1.82) is 0 Å². The number of rotatable bonds is 6. The van der Waals surface area contributed by atoms with Gasteiger partial charge in [-0.1, -0.05) is 35.5 Å². The molecule has 4 rings (SSSR count). The minimum absolute atomic E-state index is 0.101. The first-order valence-corrected chi connectivity index (χ1v) is 10.8. The van der Waals surface area contributed by atoms with Gasteiger partial charge >= 0.3 is 0 Å². The SMILES string of the molecule is CCNC(=O)CC1SC(=Nc2cccc(Cl)c2)N(Cc2ccc3c(c2)OCO3)C1=O. The number of thioether (sulfide) groups is 1. The number of nitrogens with zero attached hydrogens (tertiary/aromatic N) is 2. The molecule has 0 saturated carbocycles. The number of carbonyl (C=O) groups is 2. The van der Waals surface area contributed by atoms with Crippen molar-refractivity contribution in [3.63, 3.8) is 0 Å². The standard InChI is InChI=1S/C21H20ClN3O4S/c1-2-23-19(26)10-18-20(27)25(11-13-6-7-16-17(8-13)29-12-28-16)21(30-18)24-15-5-3-4-14(22)9-15/h3-9,18H,2,10-12H2,1H3,(H,23,26). The van der Waals surface area contributed by atoms with Gasteiger partial charge in [0.2, 0.25) is 18.6 Å². The molecule has 2 aliphatic heterocycles. The maximum absolute atomic E-state index is 13.1. The van der Waals surface area contributed by atoms with Gasteiger partial charge < -0.3 is 14.8 Å². The summed E-state index contributed by atoms with van der Waals surface area (Å²) in [5.41, 5.74) is 1.53. The number of carbonyl (C=O) groups excluding carboxylic acids is 2. The number of halogens is 1. The van der Waals surface area contributed by atoms with Gasteiger partial charge in [-0.25, -0.2) is 4.99 Å². The molecule has 1 unspecified atom stereocenters. The van der Waals surface area contributed by atoms with Crippen LogP contribution in [0.25, 0.3) is 0 Å². The van der Waals surface area contributed by atoms with Crippen LogP contribution in [0.2, 0.25) is 5.02 Å². The first-order chi connectivity index (χ1) is 14.5. The fraction of sp³-hybridized carbons (Fsp3) is 0.286. The molecule has 9 heteroatoms. The second-order valence-electron chi connectivity index (χ2n) is 6.75. The second kappa shape index (κ2) is 8.97. The fourth-order valence-electron chi connectivity index (χ4n) is 3.19. The molecule has 0 spiro atoms. The summed E-state index contributed by atoms with van der Waals surface area (Å²) in [6.45, 7) is 2.87. The highest BCUT2D eigenvalue weighted by Gasteiger charge is 2.39. The molecule has 7 nitrogen and oxygen atoms in total. The number of amidine groups is 1. The summed E-state index contributed by atoms with van der Waals surface area (Å²) in [5, 5.41) is 3.32. The molecule has 30 heavy (non-hydrogen) atoms. The number of fused-ring (bicyclic) bond motifs is 1. The summed E-state index contributed by atoms with van der Waals surface area (Å²) < 4.78 is 10.8. The largest absolute Gasteiger partial charge is 0.454 e. The van der Waals surface area contributed by atoms with Crippen LogP contribution in [0.4, 0.5) is 5.69 Å². The lowest BCUT2D eigenvalue weighted by Gasteiger charge is -2.17. The molecule has 0 aliphatic carbocycles. The maximum atomic E-state index is 13.1. The van der Waals surface area contributed by atoms with E-state index in [9.17, 15) is 9.59 Å². The number of nitrogens with one attached hydrogen (secondary N) is 1. The Morgan fingerprint density at radius 3 is 2.90 bits per heavy atom. The van der Waals surface area contributed by atoms with Crippen molar-refractivity contribution < 1.29 is 19.1 Å². The van der Waals surface area contributed by atoms with E-state index in [1.165, 1.54) is 11.8 Å². The quantitative estimate of drug-likeness (QED) is 0.732. The lowest BCUT2D eigenvalue weighted by Crippen LogP contribution is -2.34. The van der Waals surface area contributed by atoms with Gasteiger partial charge in [0.05, 0.1) is 12.2 Å². The van der Waals surface area contributed by atoms with Crippen LogP contribution < -0.4 is 14.8 Å². The molecule has 0 bridgehead atoms. The van der Waals surface area contributed by atoms with E-state index in [4.69, 9.17) is 21.1 Å². The van der Waals surface area contributed by atoms with Gasteiger partial charge in [-0.3, -0.25) is 14.5 Å². The number of hydrogen-bond acceptors (Lipinski definition) is 6. The van der Waals surface area contributed by atoms with Crippen LogP contribution in [0.3, 0.4) is 0 Å². The molecule has 1 fully saturated rings. The van der Waals surface area contributed by atoms with Gasteiger partial charge in [0.25, 0.3) is 0 Å². The Bertz CT molecular complexity index is 1010. The molecule has 1 saturated heterocycles. The Labute approximate surface area is 183 Å². The van der Waals surface area contributed by atoms with E-state index >= 15 is 0 Å². The molecule has 2 aromatic carbocycles. The molecule has 2 heterocycles. The third kappa shape index (κ3) is 4.55. The minimum Gasteiger partial charge on any atom is -0.454 e. The zero-order valence-corrected chi connectivity index (χ0v) is 17.8. The van der Waals surface area contributed by atoms with Gasteiger partial charge in [-0.05, 0) is 42.8 Å². The van der Waals surface area contributed by atoms with E-state index in [1.54, 1.807) is 23.1 Å². The average molecular weight is 446 g/mol. The third-order valence-electron chi connectivity index (χ3n) is 4.58. The van der Waals surface area contributed by atoms with Crippen molar-refractivity contribution in [2.24, 2.45) is 4.99 Å². The van der Waals surface area contributed by atoms with Crippen molar-refractivity contribution in [3.05, 3.63) is 53.1 Å². The monoisotopic (exact) mass is 445 g/mol. The normalized spacial score (nSPS) is 18.9. The smallest absolute Gasteiger partial charge is 0.242 e. The predicted molar refractivity (Wildman–Crippen MR) is 116 cm³/mol. The number of amides is 2. The zero-order valence-electron chi connectivity index (χ0n) is 16.3. The first-order valence-electron chi connectivity index (χ1n) is 9.51. The second-order valence-corrected chi connectivity index (χ2v) is 8.36. The molecule has 2 aromatic rings. The van der Waals surface area contributed by atoms with Crippen LogP contribution >= 0.6 is 23.4 Å². The molecule has 2 aliphatic rings. The van der Waals surface area contributed by atoms with E-state index < -0.39 is 5.25 Å². The Morgan fingerprint density at radius 1 is 1.27 bits per heavy atom. The molecular formula is C21H20ClN3O4S. The van der Waals surface area contributed by atoms with Crippen LogP contribution in [-0.2, 0) is 16.1 Å². The number of ether oxygens (including phenoxy) is 2. The Hall–Kier alpha value is -2.71. The van der Waals surface area contributed by atoms with E-state index in [2.05, 4.69) is 10.3 Å². The number of aliphatic imine (C=N–C) groups is 1. The van der Waals surface area contributed by atoms with Crippen molar-refractivity contribution in [3.8, 4) is 11.5 Å². The van der Waals surface area contributed by atoms with Crippen molar-refractivity contribution in [2.75, 3.05) is 13.3 Å². The molecular weight excluding hydrogens is 426 g/mol. The van der Waals surface area contributed by atoms with E-state index in [0.29, 0.717) is 40.5 Å². The first kappa shape index (κ1) is 20.6. The van der Waals surface area contributed by atoms with Gasteiger partial charge in [-0.15, -0.1) is 0 Å². The Kier molecular flexibility index (Phi) is 6.15. The summed E-state index contributed by atoms with van der Waals surface area (Å²) in [5.74, 6) is 1.03. The van der Waals surface area contributed by atoms with E-state index in [1.807, 2.05) is 31.2 Å². The summed E-state index contributed by atoms with van der Waals surface area (Å²) >= 11 is 7.37. The molecule has 0 radical (unpaired) electrons. The average Bonchev–Trinajstić information content (AvgIpc) is 3.28. The van der Waals surface area contributed by atoms with Gasteiger partial charge in [-0.2, -0.15) is 0 Å². The van der Waals surface area contributed by atoms with E-state index in [0.717, 1.165) is 5.56 Å². The lowest BCUT2D eigenvalue weighted by atomic mass is 10.1. The number of hydrogen-bond donors (Lipinski definition) is 1. The van der Waals surface area contributed by atoms with E-state index in [-0.39, 0.29) is 25.0 Å². The summed E-state index contributed by atoms with van der Waals surface area (Å²) in [6.07, 6.45) is 0.101. The molecule has 1 atom stereocenters. The summed E-state index contributed by atoms with van der Waals surface area (Å²) in [7, 11) is 0. The van der Waals surface area contributed by atoms with Crippen LogP contribution in [-0.4, -0.2) is 40.5 Å². The van der Waals surface area contributed by atoms with Crippen molar-refractivity contribution >= 4 is 46.0 Å². The van der Waals surface area contributed by atoms with Crippen molar-refractivity contribution in [1.82, 2.24) is 10.2 Å². The summed E-state index contributed by atoms with van der Waals surface area (Å²) in [4.78, 5) is 31.4. The Balaban J connectivity index is 1.61. The lowest BCUT2D eigenvalue weighted by molar-refractivity contribution is -0.129. The van der Waals surface area contributed by atoms with Crippen LogP contribution in [0.1, 0.15) is 18.9 Å². The van der Waals surface area contributed by atoms with Gasteiger partial charge in [0.1, 0.15) is 5.25 Å². The minimum atomic E-state index is -0.525. The molecule has 1 N–H and O–H groups in total. The third-order valence-corrected chi connectivity index (χ3v) is 5.99. The van der Waals surface area contributed by atoms with Crippen molar-refractivity contribution in [2.45, 2.75) is 25.1 Å². The number of benzene rings is 2. The molecule has 156 valence electrons. The maximum Gasteiger partial charge on any atom is 0.242 e. The van der Waals surface area contributed by atoms with Gasteiger partial charge in [0, 0.05) is 18.0 Å². The van der Waals surface area contributed by atoms with Crippen LogP contribution in [0.15, 0.2) is 47.5 Å². The highest BCUT2D eigenvalue weighted by Crippen LogP contribution is 2.36. The fourth-order valence-corrected chi connectivity index (χ4v) is 4.53. The molecule has 2 amide bonds. The topological polar surface area (TPSA) is 80.2 Å². The van der Waals surface area contributed by atoms with Crippen LogP contribution in [0.5, 0.6) is 11.5 Å². The predicted octanol–water partition coefficient (Wildman–Crippen LogP) is 3.73. The van der Waals surface area contributed by atoms with Crippen LogP contribution in [0, 0.1) is 0 Å². The highest BCUT2D eigenvalue weighted by atomic mass is 35.5. The highest BCUT2D eigenvalue weighted by molar-refractivity contribution is 8.15. The van der Waals surface area contributed by atoms with Gasteiger partial charge in [0.15, 0.2) is 16.7 Å². The zero-order chi connectivity index (χ0) is 21.1. The summed E-state index contributed by atoms with van der Waals surface area (Å²) in [6, 6.07) is 12.7. The Morgan fingerprint density at radius 2 is 2.10 bits per heavy atom. The molecule has 0 aromatic heterocycles.